The Morgan fingerprint density at radius 3 is 2.27 bits per heavy atom. The molecule has 4 aromatic carbocycles. The summed E-state index contributed by atoms with van der Waals surface area (Å²) in [6, 6.07) is 28.1. The van der Waals surface area contributed by atoms with E-state index in [2.05, 4.69) is 5.32 Å². The third kappa shape index (κ3) is 4.73. The molecule has 0 heterocycles. The van der Waals surface area contributed by atoms with Crippen LogP contribution < -0.4 is 5.32 Å². The Balaban J connectivity index is 1.37. The number of benzene rings is 4. The molecule has 0 aliphatic rings. The van der Waals surface area contributed by atoms with Gasteiger partial charge in [0.2, 0.25) is 0 Å². The number of thioether (sulfide) groups is 1. The molecular formula is C25H18ClNO2S. The summed E-state index contributed by atoms with van der Waals surface area (Å²) in [5, 5.41) is 5.51. The number of anilines is 1. The molecule has 0 atom stereocenters. The maximum absolute atomic E-state index is 12.6. The smallest absolute Gasteiger partial charge is 0.255 e. The zero-order chi connectivity index (χ0) is 20.9. The Bertz CT molecular complexity index is 1220. The molecule has 0 aliphatic carbocycles. The third-order valence-electron chi connectivity index (χ3n) is 4.67. The molecule has 3 nitrogen and oxygen atoms in total. The molecule has 0 radical (unpaired) electrons. The number of rotatable bonds is 6. The standard InChI is InChI=1S/C25H18ClNO2S/c26-23-8-4-3-7-22(23)24(28)16-30-21-13-11-20(12-14-21)27-25(29)19-10-9-17-5-1-2-6-18(17)15-19/h1-15H,16H2,(H,27,29). The molecule has 0 fully saturated rings. The van der Waals surface area contributed by atoms with E-state index in [1.165, 1.54) is 11.8 Å². The summed E-state index contributed by atoms with van der Waals surface area (Å²) in [5.74, 6) is 0.126. The van der Waals surface area contributed by atoms with Gasteiger partial charge in [-0.05, 0) is 59.3 Å². The van der Waals surface area contributed by atoms with E-state index in [0.717, 1.165) is 15.7 Å². The van der Waals surface area contributed by atoms with E-state index in [4.69, 9.17) is 11.6 Å². The number of carbonyl (C=O) groups is 2. The highest BCUT2D eigenvalue weighted by Crippen LogP contribution is 2.24. The molecule has 0 aliphatic heterocycles. The van der Waals surface area contributed by atoms with Crippen molar-refractivity contribution >= 4 is 51.5 Å². The first kappa shape index (κ1) is 20.2. The molecule has 4 rings (SSSR count). The number of halogens is 1. The molecule has 0 spiro atoms. The number of hydrogen-bond acceptors (Lipinski definition) is 3. The summed E-state index contributed by atoms with van der Waals surface area (Å²) in [6.07, 6.45) is 0. The fourth-order valence-corrected chi connectivity index (χ4v) is 4.11. The van der Waals surface area contributed by atoms with Crippen molar-refractivity contribution in [2.45, 2.75) is 4.90 Å². The molecule has 0 saturated heterocycles. The van der Waals surface area contributed by atoms with E-state index >= 15 is 0 Å². The van der Waals surface area contributed by atoms with E-state index in [0.29, 0.717) is 27.6 Å². The van der Waals surface area contributed by atoms with Gasteiger partial charge in [0.25, 0.3) is 5.91 Å². The Kier molecular flexibility index (Phi) is 6.17. The highest BCUT2D eigenvalue weighted by Gasteiger charge is 2.11. The van der Waals surface area contributed by atoms with Gasteiger partial charge in [-0.3, -0.25) is 9.59 Å². The summed E-state index contributed by atoms with van der Waals surface area (Å²) < 4.78 is 0. The van der Waals surface area contributed by atoms with Gasteiger partial charge < -0.3 is 5.32 Å². The lowest BCUT2D eigenvalue weighted by Crippen LogP contribution is -2.11. The Morgan fingerprint density at radius 2 is 1.50 bits per heavy atom. The molecular weight excluding hydrogens is 414 g/mol. The average Bonchev–Trinajstić information content (AvgIpc) is 2.78. The number of amides is 1. The van der Waals surface area contributed by atoms with Gasteiger partial charge in [0.05, 0.1) is 10.8 Å². The number of hydrogen-bond donors (Lipinski definition) is 1. The van der Waals surface area contributed by atoms with Crippen LogP contribution in [0.15, 0.2) is 95.9 Å². The first-order valence-corrected chi connectivity index (χ1v) is 10.8. The molecule has 0 unspecified atom stereocenters. The Morgan fingerprint density at radius 1 is 0.800 bits per heavy atom. The predicted octanol–water partition coefficient (Wildman–Crippen LogP) is 6.72. The quantitative estimate of drug-likeness (QED) is 0.272. The number of carbonyl (C=O) groups excluding carboxylic acids is 2. The zero-order valence-electron chi connectivity index (χ0n) is 16.0. The van der Waals surface area contributed by atoms with E-state index in [-0.39, 0.29) is 11.7 Å². The summed E-state index contributed by atoms with van der Waals surface area (Å²) in [6.45, 7) is 0. The van der Waals surface area contributed by atoms with Crippen LogP contribution in [-0.4, -0.2) is 17.4 Å². The van der Waals surface area contributed by atoms with Crippen LogP contribution in [0.1, 0.15) is 20.7 Å². The largest absolute Gasteiger partial charge is 0.322 e. The normalized spacial score (nSPS) is 10.7. The highest BCUT2D eigenvalue weighted by atomic mass is 35.5. The lowest BCUT2D eigenvalue weighted by molar-refractivity contribution is 0.101. The van der Waals surface area contributed by atoms with Gasteiger partial charge in [-0.25, -0.2) is 0 Å². The lowest BCUT2D eigenvalue weighted by Gasteiger charge is -2.08. The van der Waals surface area contributed by atoms with Crippen molar-refractivity contribution in [1.29, 1.82) is 0 Å². The van der Waals surface area contributed by atoms with Crippen molar-refractivity contribution in [2.24, 2.45) is 0 Å². The number of nitrogens with one attached hydrogen (secondary N) is 1. The van der Waals surface area contributed by atoms with Crippen LogP contribution in [-0.2, 0) is 0 Å². The van der Waals surface area contributed by atoms with Gasteiger partial charge in [-0.1, -0.05) is 54.1 Å². The molecule has 1 N–H and O–H groups in total. The maximum atomic E-state index is 12.6. The summed E-state index contributed by atoms with van der Waals surface area (Å²) in [4.78, 5) is 25.9. The van der Waals surface area contributed by atoms with Crippen molar-refractivity contribution in [3.8, 4) is 0 Å². The number of fused-ring (bicyclic) bond motifs is 1. The SMILES string of the molecule is O=C(Nc1ccc(SCC(=O)c2ccccc2Cl)cc1)c1ccc2ccccc2c1. The Hall–Kier alpha value is -3.08. The molecule has 5 heteroatoms. The van der Waals surface area contributed by atoms with E-state index in [1.807, 2.05) is 66.7 Å². The first-order chi connectivity index (χ1) is 14.6. The molecule has 0 saturated carbocycles. The van der Waals surface area contributed by atoms with Crippen molar-refractivity contribution < 1.29 is 9.59 Å². The first-order valence-electron chi connectivity index (χ1n) is 9.41. The van der Waals surface area contributed by atoms with Crippen molar-refractivity contribution in [1.82, 2.24) is 0 Å². The van der Waals surface area contributed by atoms with E-state index in [1.54, 1.807) is 24.3 Å². The van der Waals surface area contributed by atoms with Crippen LogP contribution in [0.25, 0.3) is 10.8 Å². The van der Waals surface area contributed by atoms with Gasteiger partial charge in [0.15, 0.2) is 5.78 Å². The topological polar surface area (TPSA) is 46.2 Å². The van der Waals surface area contributed by atoms with Gasteiger partial charge in [0.1, 0.15) is 0 Å². The summed E-state index contributed by atoms with van der Waals surface area (Å²) in [5.41, 5.74) is 1.85. The summed E-state index contributed by atoms with van der Waals surface area (Å²) >= 11 is 7.52. The minimum absolute atomic E-state index is 0.0146. The van der Waals surface area contributed by atoms with Gasteiger partial charge in [-0.2, -0.15) is 0 Å². The highest BCUT2D eigenvalue weighted by molar-refractivity contribution is 8.00. The average molecular weight is 432 g/mol. The summed E-state index contributed by atoms with van der Waals surface area (Å²) in [7, 11) is 0. The molecule has 1 amide bonds. The van der Waals surface area contributed by atoms with Crippen LogP contribution in [0, 0.1) is 0 Å². The molecule has 30 heavy (non-hydrogen) atoms. The second-order valence-electron chi connectivity index (χ2n) is 6.73. The van der Waals surface area contributed by atoms with E-state index < -0.39 is 0 Å². The maximum Gasteiger partial charge on any atom is 0.255 e. The van der Waals surface area contributed by atoms with Gasteiger partial charge in [-0.15, -0.1) is 11.8 Å². The molecule has 0 bridgehead atoms. The van der Waals surface area contributed by atoms with Crippen molar-refractivity contribution in [2.75, 3.05) is 11.1 Å². The fourth-order valence-electron chi connectivity index (χ4n) is 3.08. The minimum Gasteiger partial charge on any atom is -0.322 e. The van der Waals surface area contributed by atoms with E-state index in [9.17, 15) is 9.59 Å². The van der Waals surface area contributed by atoms with Crippen LogP contribution in [0.4, 0.5) is 5.69 Å². The molecule has 0 aromatic heterocycles. The van der Waals surface area contributed by atoms with Crippen LogP contribution >= 0.6 is 23.4 Å². The van der Waals surface area contributed by atoms with Crippen LogP contribution in [0.2, 0.25) is 5.02 Å². The monoisotopic (exact) mass is 431 g/mol. The van der Waals surface area contributed by atoms with Crippen LogP contribution in [0.5, 0.6) is 0 Å². The third-order valence-corrected chi connectivity index (χ3v) is 6.01. The second kappa shape index (κ2) is 9.16. The number of ketones is 1. The molecule has 148 valence electrons. The van der Waals surface area contributed by atoms with Crippen molar-refractivity contribution in [3.05, 3.63) is 107 Å². The number of Topliss-reactive ketones (excluding diaryl/α,β-unsaturated/α-hetero) is 1. The van der Waals surface area contributed by atoms with Crippen LogP contribution in [0.3, 0.4) is 0 Å². The second-order valence-corrected chi connectivity index (χ2v) is 8.19. The Labute approximate surface area is 184 Å². The molecule has 4 aromatic rings. The predicted molar refractivity (Wildman–Crippen MR) is 125 cm³/mol. The lowest BCUT2D eigenvalue weighted by atomic mass is 10.1. The zero-order valence-corrected chi connectivity index (χ0v) is 17.5. The van der Waals surface area contributed by atoms with Gasteiger partial charge >= 0.3 is 0 Å². The fraction of sp³-hybridized carbons (Fsp3) is 0.0400. The minimum atomic E-state index is -0.157. The van der Waals surface area contributed by atoms with Crippen molar-refractivity contribution in [3.63, 3.8) is 0 Å². The van der Waals surface area contributed by atoms with Gasteiger partial charge in [0, 0.05) is 21.7 Å².